The maximum atomic E-state index is 4.24. The van der Waals surface area contributed by atoms with E-state index in [9.17, 15) is 0 Å². The van der Waals surface area contributed by atoms with E-state index in [1.807, 2.05) is 18.0 Å². The minimum absolute atomic E-state index is 1.05. The van der Waals surface area contributed by atoms with Crippen LogP contribution in [0.25, 0.3) is 0 Å². The lowest BCUT2D eigenvalue weighted by molar-refractivity contribution is 0.606. The van der Waals surface area contributed by atoms with E-state index in [0.29, 0.717) is 0 Å². The van der Waals surface area contributed by atoms with Crippen LogP contribution in [0.5, 0.6) is 0 Å². The Kier molecular flexibility index (Phi) is 9.71. The highest BCUT2D eigenvalue weighted by molar-refractivity contribution is 9.09. The van der Waals surface area contributed by atoms with Crippen LogP contribution in [0, 0.1) is 0 Å². The van der Waals surface area contributed by atoms with E-state index in [0.717, 1.165) is 10.4 Å². The smallest absolute Gasteiger partial charge is 0.114 e. The van der Waals surface area contributed by atoms with Gasteiger partial charge in [-0.15, -0.1) is 11.8 Å². The molecule has 0 spiro atoms. The highest BCUT2D eigenvalue weighted by atomic mass is 79.9. The van der Waals surface area contributed by atoms with E-state index >= 15 is 0 Å². The van der Waals surface area contributed by atoms with Crippen molar-refractivity contribution in [3.8, 4) is 0 Å². The Hall–Kier alpha value is -0.0900. The fourth-order valence-corrected chi connectivity index (χ4v) is 2.84. The molecule has 0 unspecified atom stereocenters. The van der Waals surface area contributed by atoms with Crippen LogP contribution in [0.2, 0.25) is 0 Å². The van der Waals surface area contributed by atoms with Crippen LogP contribution < -0.4 is 0 Å². The number of unbranched alkanes of at least 4 members (excludes halogenated alkanes) is 6. The second-order valence-corrected chi connectivity index (χ2v) is 5.96. The van der Waals surface area contributed by atoms with Gasteiger partial charge >= 0.3 is 0 Å². The van der Waals surface area contributed by atoms with Crippen LogP contribution in [0.4, 0.5) is 0 Å². The summed E-state index contributed by atoms with van der Waals surface area (Å²) < 4.78 is 0. The second-order valence-electron chi connectivity index (χ2n) is 4.06. The van der Waals surface area contributed by atoms with Crippen molar-refractivity contribution >= 4 is 27.7 Å². The van der Waals surface area contributed by atoms with E-state index in [4.69, 9.17) is 0 Å². The van der Waals surface area contributed by atoms with Crippen molar-refractivity contribution in [1.29, 1.82) is 0 Å². The average molecular weight is 317 g/mol. The number of aromatic nitrogens is 2. The summed E-state index contributed by atoms with van der Waals surface area (Å²) in [5.41, 5.74) is 0. The van der Waals surface area contributed by atoms with Gasteiger partial charge in [0.15, 0.2) is 0 Å². The molecule has 0 aliphatic rings. The summed E-state index contributed by atoms with van der Waals surface area (Å²) in [7, 11) is 0. The monoisotopic (exact) mass is 316 g/mol. The molecule has 0 radical (unpaired) electrons. The maximum absolute atomic E-state index is 4.24. The van der Waals surface area contributed by atoms with Gasteiger partial charge in [0.1, 0.15) is 5.03 Å². The van der Waals surface area contributed by atoms with Gasteiger partial charge < -0.3 is 0 Å². The fraction of sp³-hybridized carbons (Fsp3) is 0.692. The first-order chi connectivity index (χ1) is 8.43. The first-order valence-corrected chi connectivity index (χ1v) is 8.49. The van der Waals surface area contributed by atoms with Crippen molar-refractivity contribution in [3.63, 3.8) is 0 Å². The van der Waals surface area contributed by atoms with Crippen LogP contribution in [0.1, 0.15) is 44.9 Å². The zero-order chi connectivity index (χ0) is 12.2. The Labute approximate surface area is 117 Å². The third kappa shape index (κ3) is 8.61. The Morgan fingerprint density at radius 1 is 0.941 bits per heavy atom. The van der Waals surface area contributed by atoms with Crippen molar-refractivity contribution in [2.75, 3.05) is 11.1 Å². The summed E-state index contributed by atoms with van der Waals surface area (Å²) in [6.45, 7) is 0. The van der Waals surface area contributed by atoms with E-state index in [1.165, 1.54) is 50.7 Å². The number of hydrogen-bond donors (Lipinski definition) is 0. The van der Waals surface area contributed by atoms with Crippen LogP contribution in [0.3, 0.4) is 0 Å². The topological polar surface area (TPSA) is 25.8 Å². The molecular formula is C13H21BrN2S. The summed E-state index contributed by atoms with van der Waals surface area (Å²) >= 11 is 5.27. The summed E-state index contributed by atoms with van der Waals surface area (Å²) in [6.07, 6.45) is 14.8. The van der Waals surface area contributed by atoms with Gasteiger partial charge in [0.2, 0.25) is 0 Å². The molecule has 1 aromatic rings. The molecule has 0 N–H and O–H groups in total. The molecule has 0 aliphatic carbocycles. The standard InChI is InChI=1S/C13H21BrN2S/c14-8-6-4-2-1-3-5-7-11-17-13-12-15-9-10-16-13/h9-10,12H,1-8,11H2. The molecule has 0 saturated heterocycles. The van der Waals surface area contributed by atoms with E-state index in [1.54, 1.807) is 12.4 Å². The number of thioether (sulfide) groups is 1. The quantitative estimate of drug-likeness (QED) is 0.355. The van der Waals surface area contributed by atoms with E-state index in [-0.39, 0.29) is 0 Å². The predicted molar refractivity (Wildman–Crippen MR) is 78.9 cm³/mol. The van der Waals surface area contributed by atoms with Gasteiger partial charge in [-0.05, 0) is 18.6 Å². The lowest BCUT2D eigenvalue weighted by Crippen LogP contribution is -1.85. The van der Waals surface area contributed by atoms with E-state index < -0.39 is 0 Å². The van der Waals surface area contributed by atoms with Crippen LogP contribution in [-0.2, 0) is 0 Å². The first kappa shape index (κ1) is 15.0. The second kappa shape index (κ2) is 11.0. The molecule has 0 aromatic carbocycles. The molecule has 1 aromatic heterocycles. The van der Waals surface area contributed by atoms with Crippen molar-refractivity contribution < 1.29 is 0 Å². The lowest BCUT2D eigenvalue weighted by Gasteiger charge is -2.01. The van der Waals surface area contributed by atoms with Gasteiger partial charge in [-0.3, -0.25) is 4.98 Å². The molecule has 0 atom stereocenters. The lowest BCUT2D eigenvalue weighted by atomic mass is 10.1. The largest absolute Gasteiger partial charge is 0.260 e. The molecular weight excluding hydrogens is 296 g/mol. The molecule has 0 bridgehead atoms. The van der Waals surface area contributed by atoms with Gasteiger partial charge in [0.05, 0.1) is 6.20 Å². The Balaban J connectivity index is 1.85. The molecule has 0 saturated carbocycles. The third-order valence-electron chi connectivity index (χ3n) is 2.57. The van der Waals surface area contributed by atoms with Crippen molar-refractivity contribution in [2.45, 2.75) is 50.0 Å². The fourth-order valence-electron chi connectivity index (χ4n) is 1.62. The summed E-state index contributed by atoms with van der Waals surface area (Å²) in [5, 5.41) is 2.20. The molecule has 17 heavy (non-hydrogen) atoms. The molecule has 0 aliphatic heterocycles. The number of hydrogen-bond acceptors (Lipinski definition) is 3. The highest BCUT2D eigenvalue weighted by Gasteiger charge is 1.95. The SMILES string of the molecule is BrCCCCCCCCCSc1cnccn1. The minimum atomic E-state index is 1.05. The molecule has 4 heteroatoms. The normalized spacial score (nSPS) is 10.6. The summed E-state index contributed by atoms with van der Waals surface area (Å²) in [6, 6.07) is 0. The zero-order valence-electron chi connectivity index (χ0n) is 10.3. The van der Waals surface area contributed by atoms with Gasteiger partial charge in [-0.2, -0.15) is 0 Å². The number of halogens is 1. The maximum Gasteiger partial charge on any atom is 0.114 e. The van der Waals surface area contributed by atoms with Crippen molar-refractivity contribution in [2.24, 2.45) is 0 Å². The predicted octanol–water partition coefficient (Wildman–Crippen LogP) is 4.69. The minimum Gasteiger partial charge on any atom is -0.260 e. The van der Waals surface area contributed by atoms with E-state index in [2.05, 4.69) is 25.9 Å². The molecule has 1 rings (SSSR count). The highest BCUT2D eigenvalue weighted by Crippen LogP contribution is 2.16. The molecule has 2 nitrogen and oxygen atoms in total. The Bertz CT molecular complexity index is 269. The molecule has 96 valence electrons. The van der Waals surface area contributed by atoms with Crippen molar-refractivity contribution in [1.82, 2.24) is 9.97 Å². The van der Waals surface area contributed by atoms with Gasteiger partial charge in [0.25, 0.3) is 0 Å². The summed E-state index contributed by atoms with van der Waals surface area (Å²) in [5.74, 6) is 1.17. The van der Waals surface area contributed by atoms with Crippen LogP contribution >= 0.6 is 27.7 Å². The van der Waals surface area contributed by atoms with Gasteiger partial charge in [-0.25, -0.2) is 4.98 Å². The Morgan fingerprint density at radius 3 is 2.29 bits per heavy atom. The summed E-state index contributed by atoms with van der Waals surface area (Å²) in [4.78, 5) is 8.30. The van der Waals surface area contributed by atoms with Crippen molar-refractivity contribution in [3.05, 3.63) is 18.6 Å². The first-order valence-electron chi connectivity index (χ1n) is 6.38. The van der Waals surface area contributed by atoms with Gasteiger partial charge in [0, 0.05) is 17.7 Å². The van der Waals surface area contributed by atoms with Gasteiger partial charge in [-0.1, -0.05) is 48.0 Å². The Morgan fingerprint density at radius 2 is 1.65 bits per heavy atom. The third-order valence-corrected chi connectivity index (χ3v) is 4.13. The number of rotatable bonds is 10. The molecule has 0 amide bonds. The number of alkyl halides is 1. The number of nitrogens with zero attached hydrogens (tertiary/aromatic N) is 2. The average Bonchev–Trinajstić information content (AvgIpc) is 2.38. The molecule has 0 fully saturated rings. The zero-order valence-corrected chi connectivity index (χ0v) is 12.7. The van der Waals surface area contributed by atoms with Crippen LogP contribution in [0.15, 0.2) is 23.6 Å². The molecule has 1 heterocycles. The van der Waals surface area contributed by atoms with Crippen LogP contribution in [-0.4, -0.2) is 21.1 Å².